The average molecular weight is 397 g/mol. The number of anilines is 1. The average Bonchev–Trinajstić information content (AvgIpc) is 2.44. The van der Waals surface area contributed by atoms with Gasteiger partial charge in [-0.2, -0.15) is 5.26 Å². The highest BCUT2D eigenvalue weighted by Gasteiger charge is 2.13. The number of hydrogen-bond acceptors (Lipinski definition) is 2. The lowest BCUT2D eigenvalue weighted by atomic mass is 10.1. The van der Waals surface area contributed by atoms with Crippen molar-refractivity contribution < 1.29 is 4.79 Å². The maximum Gasteiger partial charge on any atom is 0.256 e. The van der Waals surface area contributed by atoms with Crippen LogP contribution in [-0.2, 0) is 0 Å². The molecule has 0 radical (unpaired) electrons. The molecular formula is C15H10ClIN2O. The summed E-state index contributed by atoms with van der Waals surface area (Å²) in [5.41, 5.74) is 2.60. The predicted octanol–water partition coefficient (Wildman–Crippen LogP) is 4.38. The van der Waals surface area contributed by atoms with E-state index in [1.54, 1.807) is 18.2 Å². The van der Waals surface area contributed by atoms with Crippen molar-refractivity contribution in [3.8, 4) is 6.07 Å². The second-order valence-electron chi connectivity index (χ2n) is 4.20. The summed E-state index contributed by atoms with van der Waals surface area (Å²) in [5.74, 6) is -0.218. The predicted molar refractivity (Wildman–Crippen MR) is 88.0 cm³/mol. The monoisotopic (exact) mass is 396 g/mol. The Morgan fingerprint density at radius 1 is 1.35 bits per heavy atom. The molecule has 0 unspecified atom stereocenters. The smallest absolute Gasteiger partial charge is 0.256 e. The third kappa shape index (κ3) is 3.11. The molecule has 0 aliphatic carbocycles. The third-order valence-electron chi connectivity index (χ3n) is 2.78. The number of carbonyl (C=O) groups excluding carboxylic acids is 1. The van der Waals surface area contributed by atoms with Gasteiger partial charge in [0.05, 0.1) is 27.9 Å². The first-order chi connectivity index (χ1) is 9.52. The van der Waals surface area contributed by atoms with E-state index in [1.165, 1.54) is 6.07 Å². The Kier molecular flexibility index (Phi) is 4.63. The van der Waals surface area contributed by atoms with E-state index in [0.29, 0.717) is 21.8 Å². The number of rotatable bonds is 2. The van der Waals surface area contributed by atoms with Gasteiger partial charge in [-0.1, -0.05) is 23.7 Å². The Balaban J connectivity index is 2.29. The van der Waals surface area contributed by atoms with Crippen molar-refractivity contribution in [1.82, 2.24) is 0 Å². The molecule has 2 rings (SSSR count). The highest BCUT2D eigenvalue weighted by Crippen LogP contribution is 2.24. The highest BCUT2D eigenvalue weighted by atomic mass is 127. The zero-order valence-electron chi connectivity index (χ0n) is 10.6. The molecule has 0 heterocycles. The van der Waals surface area contributed by atoms with Gasteiger partial charge >= 0.3 is 0 Å². The molecule has 20 heavy (non-hydrogen) atoms. The summed E-state index contributed by atoms with van der Waals surface area (Å²) < 4.78 is 0.910. The fourth-order valence-electron chi connectivity index (χ4n) is 1.70. The van der Waals surface area contributed by atoms with Crippen LogP contribution in [0.25, 0.3) is 0 Å². The first-order valence-electron chi connectivity index (χ1n) is 5.79. The van der Waals surface area contributed by atoms with Crippen LogP contribution in [0.1, 0.15) is 21.5 Å². The zero-order chi connectivity index (χ0) is 14.7. The van der Waals surface area contributed by atoms with Crippen LogP contribution >= 0.6 is 34.2 Å². The van der Waals surface area contributed by atoms with Gasteiger partial charge < -0.3 is 5.32 Å². The van der Waals surface area contributed by atoms with Gasteiger partial charge in [-0.05, 0) is 59.3 Å². The summed E-state index contributed by atoms with van der Waals surface area (Å²) in [6.45, 7) is 1.95. The Labute approximate surface area is 135 Å². The van der Waals surface area contributed by atoms with Crippen LogP contribution in [0.4, 0.5) is 5.69 Å². The second kappa shape index (κ2) is 6.25. The SMILES string of the molecule is Cc1cccc(C(=O)Nc2ccc(C#N)cc2Cl)c1I. The minimum absolute atomic E-state index is 0.218. The quantitative estimate of drug-likeness (QED) is 0.766. The molecule has 0 aliphatic heterocycles. The van der Waals surface area contributed by atoms with Crippen molar-refractivity contribution in [3.05, 3.63) is 61.7 Å². The Morgan fingerprint density at radius 3 is 2.75 bits per heavy atom. The maximum atomic E-state index is 12.3. The summed E-state index contributed by atoms with van der Waals surface area (Å²) >= 11 is 8.19. The zero-order valence-corrected chi connectivity index (χ0v) is 13.5. The Hall–Kier alpha value is -1.58. The summed E-state index contributed by atoms with van der Waals surface area (Å²) in [5, 5.41) is 11.9. The standard InChI is InChI=1S/C15H10ClIN2O/c1-9-3-2-4-11(14(9)17)15(20)19-13-6-5-10(8-18)7-12(13)16/h2-7H,1H3,(H,19,20). The van der Waals surface area contributed by atoms with Gasteiger partial charge in [-0.25, -0.2) is 0 Å². The minimum Gasteiger partial charge on any atom is -0.321 e. The molecule has 0 atom stereocenters. The fourth-order valence-corrected chi connectivity index (χ4v) is 2.53. The van der Waals surface area contributed by atoms with Crippen molar-refractivity contribution in [2.75, 3.05) is 5.32 Å². The van der Waals surface area contributed by atoms with E-state index in [4.69, 9.17) is 16.9 Å². The molecule has 2 aromatic rings. The Bertz CT molecular complexity index is 722. The number of nitriles is 1. The molecule has 0 saturated carbocycles. The molecule has 1 N–H and O–H groups in total. The number of hydrogen-bond donors (Lipinski definition) is 1. The molecular weight excluding hydrogens is 387 g/mol. The number of nitrogens with one attached hydrogen (secondary N) is 1. The van der Waals surface area contributed by atoms with Gasteiger partial charge in [0.1, 0.15) is 0 Å². The molecule has 0 fully saturated rings. The molecule has 0 aliphatic rings. The molecule has 5 heteroatoms. The first kappa shape index (κ1) is 14.8. The number of carbonyl (C=O) groups is 1. The highest BCUT2D eigenvalue weighted by molar-refractivity contribution is 14.1. The van der Waals surface area contributed by atoms with Crippen LogP contribution in [0.15, 0.2) is 36.4 Å². The first-order valence-corrected chi connectivity index (χ1v) is 7.24. The van der Waals surface area contributed by atoms with E-state index < -0.39 is 0 Å². The van der Waals surface area contributed by atoms with E-state index in [0.717, 1.165) is 9.13 Å². The molecule has 0 bridgehead atoms. The van der Waals surface area contributed by atoms with E-state index in [2.05, 4.69) is 27.9 Å². The van der Waals surface area contributed by atoms with E-state index in [1.807, 2.05) is 25.1 Å². The Morgan fingerprint density at radius 2 is 2.10 bits per heavy atom. The van der Waals surface area contributed by atoms with Crippen LogP contribution in [-0.4, -0.2) is 5.91 Å². The largest absolute Gasteiger partial charge is 0.321 e. The number of amides is 1. The lowest BCUT2D eigenvalue weighted by Gasteiger charge is -2.10. The van der Waals surface area contributed by atoms with Crippen LogP contribution in [0.5, 0.6) is 0 Å². The van der Waals surface area contributed by atoms with Gasteiger partial charge in [0, 0.05) is 3.57 Å². The molecule has 2 aromatic carbocycles. The minimum atomic E-state index is -0.218. The van der Waals surface area contributed by atoms with Gasteiger partial charge in [0.25, 0.3) is 5.91 Å². The van der Waals surface area contributed by atoms with Crippen molar-refractivity contribution in [1.29, 1.82) is 5.26 Å². The third-order valence-corrected chi connectivity index (χ3v) is 4.53. The van der Waals surface area contributed by atoms with Crippen molar-refractivity contribution in [3.63, 3.8) is 0 Å². The van der Waals surface area contributed by atoms with Gasteiger partial charge in [-0.15, -0.1) is 0 Å². The topological polar surface area (TPSA) is 52.9 Å². The molecule has 3 nitrogen and oxygen atoms in total. The lowest BCUT2D eigenvalue weighted by Crippen LogP contribution is -2.14. The molecule has 0 aromatic heterocycles. The van der Waals surface area contributed by atoms with Gasteiger partial charge in [0.2, 0.25) is 0 Å². The van der Waals surface area contributed by atoms with Crippen LogP contribution in [0.2, 0.25) is 5.02 Å². The van der Waals surface area contributed by atoms with Crippen LogP contribution in [0, 0.1) is 21.8 Å². The maximum absolute atomic E-state index is 12.3. The summed E-state index contributed by atoms with van der Waals surface area (Å²) in [7, 11) is 0. The normalized spacial score (nSPS) is 9.90. The summed E-state index contributed by atoms with van der Waals surface area (Å²) in [6, 6.07) is 12.3. The molecule has 0 spiro atoms. The molecule has 0 saturated heterocycles. The van der Waals surface area contributed by atoms with Crippen LogP contribution < -0.4 is 5.32 Å². The van der Waals surface area contributed by atoms with E-state index in [-0.39, 0.29) is 5.91 Å². The van der Waals surface area contributed by atoms with Gasteiger partial charge in [0.15, 0.2) is 0 Å². The summed E-state index contributed by atoms with van der Waals surface area (Å²) in [4.78, 5) is 12.3. The fraction of sp³-hybridized carbons (Fsp3) is 0.0667. The summed E-state index contributed by atoms with van der Waals surface area (Å²) in [6.07, 6.45) is 0. The molecule has 100 valence electrons. The van der Waals surface area contributed by atoms with Crippen LogP contribution in [0.3, 0.4) is 0 Å². The number of nitrogens with zero attached hydrogens (tertiary/aromatic N) is 1. The van der Waals surface area contributed by atoms with Crippen molar-refractivity contribution in [2.45, 2.75) is 6.92 Å². The molecule has 1 amide bonds. The van der Waals surface area contributed by atoms with E-state index in [9.17, 15) is 4.79 Å². The number of halogens is 2. The van der Waals surface area contributed by atoms with Crippen molar-refractivity contribution >= 4 is 45.8 Å². The second-order valence-corrected chi connectivity index (χ2v) is 5.68. The van der Waals surface area contributed by atoms with E-state index >= 15 is 0 Å². The number of aryl methyl sites for hydroxylation is 1. The number of benzene rings is 2. The lowest BCUT2D eigenvalue weighted by molar-refractivity contribution is 0.102. The van der Waals surface area contributed by atoms with Crippen molar-refractivity contribution in [2.24, 2.45) is 0 Å². The van der Waals surface area contributed by atoms with Gasteiger partial charge in [-0.3, -0.25) is 4.79 Å².